The summed E-state index contributed by atoms with van der Waals surface area (Å²) in [6.07, 6.45) is 6.25. The minimum absolute atomic E-state index is 0.0621. The van der Waals surface area contributed by atoms with Crippen LogP contribution in [0.3, 0.4) is 0 Å². The molecule has 0 amide bonds. The molecule has 1 fully saturated rings. The molecule has 0 aliphatic carbocycles. The smallest absolute Gasteiger partial charge is 0.356 e. The highest BCUT2D eigenvalue weighted by Gasteiger charge is 2.35. The Labute approximate surface area is 159 Å². The van der Waals surface area contributed by atoms with E-state index in [1.807, 2.05) is 25.1 Å². The van der Waals surface area contributed by atoms with Crippen LogP contribution >= 0.6 is 0 Å². The maximum atomic E-state index is 12.5. The average Bonchev–Trinajstić information content (AvgIpc) is 3.07. The Morgan fingerprint density at radius 2 is 2.04 bits per heavy atom. The third-order valence-electron chi connectivity index (χ3n) is 4.99. The lowest BCUT2D eigenvalue weighted by Gasteiger charge is -2.32. The highest BCUT2D eigenvalue weighted by molar-refractivity contribution is 5.90. The van der Waals surface area contributed by atoms with Crippen molar-refractivity contribution in [3.05, 3.63) is 65.6 Å². The molecule has 0 spiro atoms. The van der Waals surface area contributed by atoms with Crippen LogP contribution in [0.25, 0.3) is 5.57 Å². The Bertz CT molecular complexity index is 779. The van der Waals surface area contributed by atoms with Gasteiger partial charge < -0.3 is 19.7 Å². The van der Waals surface area contributed by atoms with Crippen molar-refractivity contribution in [2.45, 2.75) is 13.1 Å². The van der Waals surface area contributed by atoms with Crippen LogP contribution < -0.4 is 5.32 Å². The molecule has 1 unspecified atom stereocenters. The SMILES string of the molecule is CCOC(=O)C1=C(CN2CCOCC2)N2C=C(c3ccccc3)C=CC2N1. The van der Waals surface area contributed by atoms with Crippen molar-refractivity contribution >= 4 is 11.5 Å². The maximum Gasteiger partial charge on any atom is 0.356 e. The summed E-state index contributed by atoms with van der Waals surface area (Å²) in [6, 6.07) is 10.3. The molecule has 6 heteroatoms. The molecule has 0 aromatic heterocycles. The molecule has 3 aliphatic heterocycles. The summed E-state index contributed by atoms with van der Waals surface area (Å²) in [5.41, 5.74) is 3.79. The van der Waals surface area contributed by atoms with Crippen molar-refractivity contribution in [3.8, 4) is 0 Å². The van der Waals surface area contributed by atoms with Crippen molar-refractivity contribution in [1.82, 2.24) is 15.1 Å². The number of nitrogens with one attached hydrogen (secondary N) is 1. The Kier molecular flexibility index (Phi) is 5.27. The van der Waals surface area contributed by atoms with Crippen LogP contribution in [-0.4, -0.2) is 61.4 Å². The third-order valence-corrected chi connectivity index (χ3v) is 4.99. The molecule has 142 valence electrons. The lowest BCUT2D eigenvalue weighted by atomic mass is 10.0. The number of benzene rings is 1. The molecule has 3 aliphatic rings. The van der Waals surface area contributed by atoms with Gasteiger partial charge in [0.2, 0.25) is 0 Å². The van der Waals surface area contributed by atoms with Gasteiger partial charge in [0.05, 0.1) is 25.5 Å². The van der Waals surface area contributed by atoms with Gasteiger partial charge in [-0.25, -0.2) is 4.79 Å². The summed E-state index contributed by atoms with van der Waals surface area (Å²) in [4.78, 5) is 17.0. The summed E-state index contributed by atoms with van der Waals surface area (Å²) in [6.45, 7) is 6.06. The number of carbonyl (C=O) groups excluding carboxylic acids is 1. The molecule has 1 saturated heterocycles. The number of allylic oxidation sites excluding steroid dienone is 2. The first kappa shape index (κ1) is 17.8. The predicted octanol–water partition coefficient (Wildman–Crippen LogP) is 1.94. The highest BCUT2D eigenvalue weighted by atomic mass is 16.5. The van der Waals surface area contributed by atoms with Crippen LogP contribution in [0.2, 0.25) is 0 Å². The van der Waals surface area contributed by atoms with Crippen LogP contribution in [0.1, 0.15) is 12.5 Å². The van der Waals surface area contributed by atoms with E-state index in [9.17, 15) is 4.79 Å². The van der Waals surface area contributed by atoms with Gasteiger partial charge in [-0.1, -0.05) is 36.4 Å². The second-order valence-electron chi connectivity index (χ2n) is 6.74. The van der Waals surface area contributed by atoms with Crippen LogP contribution in [0, 0.1) is 0 Å². The molecule has 1 atom stereocenters. The predicted molar refractivity (Wildman–Crippen MR) is 103 cm³/mol. The van der Waals surface area contributed by atoms with Crippen LogP contribution in [0.15, 0.2) is 60.1 Å². The Morgan fingerprint density at radius 1 is 1.26 bits per heavy atom. The molecule has 0 bridgehead atoms. The zero-order valence-electron chi connectivity index (χ0n) is 15.6. The van der Waals surface area contributed by atoms with Gasteiger partial charge in [-0.2, -0.15) is 0 Å². The number of hydrogen-bond acceptors (Lipinski definition) is 6. The molecule has 1 N–H and O–H groups in total. The van der Waals surface area contributed by atoms with Gasteiger partial charge in [-0.05, 0) is 24.1 Å². The molecule has 0 radical (unpaired) electrons. The number of hydrogen-bond donors (Lipinski definition) is 1. The zero-order valence-corrected chi connectivity index (χ0v) is 15.6. The van der Waals surface area contributed by atoms with Crippen LogP contribution in [0.5, 0.6) is 0 Å². The fraction of sp³-hybridized carbons (Fsp3) is 0.381. The summed E-state index contributed by atoms with van der Waals surface area (Å²) in [7, 11) is 0. The number of rotatable bonds is 5. The minimum Gasteiger partial charge on any atom is -0.461 e. The highest BCUT2D eigenvalue weighted by Crippen LogP contribution is 2.30. The molecule has 27 heavy (non-hydrogen) atoms. The molecular weight excluding hydrogens is 342 g/mol. The lowest BCUT2D eigenvalue weighted by Crippen LogP contribution is -2.40. The van der Waals surface area contributed by atoms with E-state index >= 15 is 0 Å². The number of nitrogens with zero attached hydrogens (tertiary/aromatic N) is 2. The van der Waals surface area contributed by atoms with Gasteiger partial charge in [0.15, 0.2) is 0 Å². The van der Waals surface area contributed by atoms with Gasteiger partial charge >= 0.3 is 5.97 Å². The standard InChI is InChI=1S/C21H25N3O3/c1-2-27-21(25)20-18(15-23-10-12-26-13-11-23)24-14-17(8-9-19(24)22-20)16-6-4-3-5-7-16/h3-9,14,19,22H,2,10-13,15H2,1H3. The van der Waals surface area contributed by atoms with E-state index in [1.165, 1.54) is 0 Å². The van der Waals surface area contributed by atoms with Crippen molar-refractivity contribution in [3.63, 3.8) is 0 Å². The van der Waals surface area contributed by atoms with Crippen LogP contribution in [0.4, 0.5) is 0 Å². The van der Waals surface area contributed by atoms with Crippen LogP contribution in [-0.2, 0) is 14.3 Å². The van der Waals surface area contributed by atoms with E-state index in [4.69, 9.17) is 9.47 Å². The number of fused-ring (bicyclic) bond motifs is 1. The van der Waals surface area contributed by atoms with E-state index in [-0.39, 0.29) is 12.1 Å². The Balaban J connectivity index is 1.65. The Morgan fingerprint density at radius 3 is 2.78 bits per heavy atom. The first-order valence-corrected chi connectivity index (χ1v) is 9.47. The third kappa shape index (κ3) is 3.77. The van der Waals surface area contributed by atoms with Gasteiger partial charge in [0.1, 0.15) is 11.9 Å². The second kappa shape index (κ2) is 7.98. The number of esters is 1. The molecule has 3 heterocycles. The molecular formula is C21H25N3O3. The number of morpholine rings is 1. The average molecular weight is 367 g/mol. The second-order valence-corrected chi connectivity index (χ2v) is 6.74. The number of ether oxygens (including phenoxy) is 2. The van der Waals surface area contributed by atoms with Gasteiger partial charge in [0, 0.05) is 25.8 Å². The van der Waals surface area contributed by atoms with Crippen molar-refractivity contribution in [2.24, 2.45) is 0 Å². The maximum absolute atomic E-state index is 12.5. The molecule has 4 rings (SSSR count). The fourth-order valence-electron chi connectivity index (χ4n) is 3.60. The zero-order chi connectivity index (χ0) is 18.6. The van der Waals surface area contributed by atoms with E-state index in [0.29, 0.717) is 18.8 Å². The lowest BCUT2D eigenvalue weighted by molar-refractivity contribution is -0.138. The first-order valence-electron chi connectivity index (χ1n) is 9.47. The van der Waals surface area contributed by atoms with E-state index in [1.54, 1.807) is 0 Å². The molecule has 6 nitrogen and oxygen atoms in total. The fourth-order valence-corrected chi connectivity index (χ4v) is 3.60. The minimum atomic E-state index is -0.293. The molecule has 1 aromatic carbocycles. The summed E-state index contributed by atoms with van der Waals surface area (Å²) < 4.78 is 10.7. The normalized spacial score (nSPS) is 22.3. The molecule has 1 aromatic rings. The van der Waals surface area contributed by atoms with E-state index in [2.05, 4.69) is 45.6 Å². The van der Waals surface area contributed by atoms with E-state index in [0.717, 1.165) is 43.1 Å². The van der Waals surface area contributed by atoms with Gasteiger partial charge in [-0.3, -0.25) is 4.90 Å². The Hall–Kier alpha value is -2.57. The quantitative estimate of drug-likeness (QED) is 0.803. The first-order chi connectivity index (χ1) is 13.3. The summed E-state index contributed by atoms with van der Waals surface area (Å²) in [5.74, 6) is -0.293. The monoisotopic (exact) mass is 367 g/mol. The molecule has 0 saturated carbocycles. The topological polar surface area (TPSA) is 54.0 Å². The van der Waals surface area contributed by atoms with Crippen molar-refractivity contribution < 1.29 is 14.3 Å². The van der Waals surface area contributed by atoms with Gasteiger partial charge in [0.25, 0.3) is 0 Å². The summed E-state index contributed by atoms with van der Waals surface area (Å²) >= 11 is 0. The number of carbonyl (C=O) groups is 1. The largest absolute Gasteiger partial charge is 0.461 e. The van der Waals surface area contributed by atoms with Crippen molar-refractivity contribution in [2.75, 3.05) is 39.5 Å². The van der Waals surface area contributed by atoms with Crippen molar-refractivity contribution in [1.29, 1.82) is 0 Å². The summed E-state index contributed by atoms with van der Waals surface area (Å²) in [5, 5.41) is 3.33. The van der Waals surface area contributed by atoms with E-state index < -0.39 is 0 Å². The van der Waals surface area contributed by atoms with Gasteiger partial charge in [-0.15, -0.1) is 0 Å².